The van der Waals surface area contributed by atoms with Crippen molar-refractivity contribution >= 4 is 28.4 Å². The van der Waals surface area contributed by atoms with Crippen molar-refractivity contribution < 1.29 is 9.53 Å². The average Bonchev–Trinajstić information content (AvgIpc) is 3.30. The number of hydrogen-bond donors (Lipinski definition) is 0. The van der Waals surface area contributed by atoms with Crippen LogP contribution in [0.1, 0.15) is 42.1 Å². The van der Waals surface area contributed by atoms with Crippen LogP contribution in [0.5, 0.6) is 0 Å². The summed E-state index contributed by atoms with van der Waals surface area (Å²) in [6, 6.07) is 12.5. The van der Waals surface area contributed by atoms with Gasteiger partial charge in [-0.05, 0) is 72.8 Å². The van der Waals surface area contributed by atoms with Gasteiger partial charge in [0.1, 0.15) is 0 Å². The number of aliphatic imine (C=N–C) groups is 1. The summed E-state index contributed by atoms with van der Waals surface area (Å²) in [5.74, 6) is -0.139. The number of carbonyl (C=O) groups excluding carboxylic acids is 1. The molecule has 3 aliphatic rings. The monoisotopic (exact) mass is 405 g/mol. The van der Waals surface area contributed by atoms with Crippen molar-refractivity contribution in [2.24, 2.45) is 4.99 Å². The van der Waals surface area contributed by atoms with Crippen LogP contribution in [-0.4, -0.2) is 34.0 Å². The topological polar surface area (TPSA) is 54.8 Å². The molecule has 0 aliphatic carbocycles. The molecule has 2 aromatic rings. The minimum Gasteiger partial charge on any atom is -0.365 e. The third-order valence-electron chi connectivity index (χ3n) is 6.11. The maximum atomic E-state index is 12.6. The highest BCUT2D eigenvalue weighted by atomic mass is 32.2. The van der Waals surface area contributed by atoms with Crippen molar-refractivity contribution in [2.45, 2.75) is 38.9 Å². The zero-order chi connectivity index (χ0) is 20.0. The number of ether oxygens (including phenoxy) is 1. The molecule has 1 spiro atoms. The van der Waals surface area contributed by atoms with Crippen LogP contribution in [0, 0.1) is 6.92 Å². The molecule has 0 N–H and O–H groups in total. The Hall–Kier alpha value is -2.44. The predicted octanol–water partition coefficient (Wildman–Crippen LogP) is 4.27. The lowest BCUT2D eigenvalue weighted by molar-refractivity contribution is -0.113. The molecule has 1 amide bonds. The van der Waals surface area contributed by atoms with Crippen LogP contribution in [0.25, 0.3) is 5.57 Å². The van der Waals surface area contributed by atoms with Crippen molar-refractivity contribution in [2.75, 3.05) is 13.1 Å². The first kappa shape index (κ1) is 18.6. The summed E-state index contributed by atoms with van der Waals surface area (Å²) < 4.78 is 6.26. The number of allylic oxidation sites excluding steroid dienone is 1. The SMILES string of the molecule is C/C(=C1/SC(N2CCC3(CC2)OCc2ccccc23)=NC1=O)c1ccnc(C)c1. The van der Waals surface area contributed by atoms with Crippen LogP contribution in [-0.2, 0) is 21.7 Å². The van der Waals surface area contributed by atoms with Crippen molar-refractivity contribution in [3.63, 3.8) is 0 Å². The summed E-state index contributed by atoms with van der Waals surface area (Å²) in [5, 5.41) is 0.816. The average molecular weight is 406 g/mol. The van der Waals surface area contributed by atoms with Crippen LogP contribution in [0.3, 0.4) is 0 Å². The minimum atomic E-state index is -0.177. The van der Waals surface area contributed by atoms with Gasteiger partial charge in [0.15, 0.2) is 5.17 Å². The number of pyridine rings is 1. The van der Waals surface area contributed by atoms with Crippen molar-refractivity contribution in [3.05, 3.63) is 69.9 Å². The van der Waals surface area contributed by atoms with Crippen LogP contribution in [0.4, 0.5) is 0 Å². The predicted molar refractivity (Wildman–Crippen MR) is 115 cm³/mol. The Bertz CT molecular complexity index is 1050. The second kappa shape index (κ2) is 7.11. The third kappa shape index (κ3) is 3.20. The quantitative estimate of drug-likeness (QED) is 0.663. The summed E-state index contributed by atoms with van der Waals surface area (Å²) >= 11 is 1.50. The van der Waals surface area contributed by atoms with Gasteiger partial charge in [-0.1, -0.05) is 24.3 Å². The summed E-state index contributed by atoms with van der Waals surface area (Å²) in [7, 11) is 0. The first-order valence-corrected chi connectivity index (χ1v) is 10.8. The second-order valence-corrected chi connectivity index (χ2v) is 8.85. The van der Waals surface area contributed by atoms with Gasteiger partial charge in [0.05, 0.1) is 17.1 Å². The maximum absolute atomic E-state index is 12.6. The number of fused-ring (bicyclic) bond motifs is 2. The van der Waals surface area contributed by atoms with Gasteiger partial charge in [-0.3, -0.25) is 9.78 Å². The van der Waals surface area contributed by atoms with E-state index in [-0.39, 0.29) is 11.5 Å². The number of hydrogen-bond acceptors (Lipinski definition) is 5. The number of nitrogens with zero attached hydrogens (tertiary/aromatic N) is 3. The molecule has 1 saturated heterocycles. The van der Waals surface area contributed by atoms with Crippen LogP contribution in [0.2, 0.25) is 0 Å². The standard InChI is InChI=1S/C23H23N3O2S/c1-15-13-17(7-10-24-15)16(2)20-21(27)25-22(29-20)26-11-8-23(9-12-26)19-6-4-3-5-18(19)14-28-23/h3-7,10,13H,8-9,11-12,14H2,1-2H3/b20-16-. The molecule has 0 unspecified atom stereocenters. The molecule has 1 aromatic carbocycles. The van der Waals surface area contributed by atoms with Gasteiger partial charge < -0.3 is 9.64 Å². The number of rotatable bonds is 1. The zero-order valence-electron chi connectivity index (χ0n) is 16.6. The highest BCUT2D eigenvalue weighted by Crippen LogP contribution is 2.45. The number of aromatic nitrogens is 1. The van der Waals surface area contributed by atoms with E-state index in [0.717, 1.165) is 47.9 Å². The van der Waals surface area contributed by atoms with Crippen LogP contribution >= 0.6 is 11.8 Å². The minimum absolute atomic E-state index is 0.139. The molecule has 0 atom stereocenters. The van der Waals surface area contributed by atoms with Gasteiger partial charge in [-0.25, -0.2) is 0 Å². The zero-order valence-corrected chi connectivity index (χ0v) is 17.5. The van der Waals surface area contributed by atoms with Gasteiger partial charge in [-0.15, -0.1) is 0 Å². The highest BCUT2D eigenvalue weighted by Gasteiger charge is 2.43. The maximum Gasteiger partial charge on any atom is 0.286 e. The fourth-order valence-electron chi connectivity index (χ4n) is 4.43. The van der Waals surface area contributed by atoms with Crippen molar-refractivity contribution in [1.82, 2.24) is 9.88 Å². The first-order chi connectivity index (χ1) is 14.1. The summed E-state index contributed by atoms with van der Waals surface area (Å²) in [4.78, 5) is 24.2. The number of amides is 1. The van der Waals surface area contributed by atoms with E-state index >= 15 is 0 Å². The Morgan fingerprint density at radius 2 is 2.00 bits per heavy atom. The van der Waals surface area contributed by atoms with Gasteiger partial charge in [0.25, 0.3) is 5.91 Å². The molecule has 5 nitrogen and oxygen atoms in total. The summed E-state index contributed by atoms with van der Waals surface area (Å²) in [6.45, 7) is 6.33. The molecule has 1 aromatic heterocycles. The molecule has 6 heteroatoms. The fourth-order valence-corrected chi connectivity index (χ4v) is 5.46. The van der Waals surface area contributed by atoms with Gasteiger partial charge in [0, 0.05) is 25.0 Å². The Labute approximate surface area is 174 Å². The van der Waals surface area contributed by atoms with E-state index in [1.165, 1.54) is 22.9 Å². The van der Waals surface area contributed by atoms with Crippen molar-refractivity contribution in [1.29, 1.82) is 0 Å². The fraction of sp³-hybridized carbons (Fsp3) is 0.348. The summed E-state index contributed by atoms with van der Waals surface area (Å²) in [6.07, 6.45) is 3.61. The summed E-state index contributed by atoms with van der Waals surface area (Å²) in [5.41, 5.74) is 5.39. The Morgan fingerprint density at radius 1 is 1.21 bits per heavy atom. The first-order valence-electron chi connectivity index (χ1n) is 9.98. The number of carbonyl (C=O) groups is 1. The van der Waals surface area contributed by atoms with Gasteiger partial charge >= 0.3 is 0 Å². The number of amidine groups is 1. The van der Waals surface area contributed by atoms with Gasteiger partial charge in [-0.2, -0.15) is 4.99 Å². The normalized spacial score (nSPS) is 22.1. The van der Waals surface area contributed by atoms with Crippen LogP contribution in [0.15, 0.2) is 52.5 Å². The van der Waals surface area contributed by atoms with E-state index in [9.17, 15) is 4.79 Å². The second-order valence-electron chi connectivity index (χ2n) is 7.87. The van der Waals surface area contributed by atoms with Crippen molar-refractivity contribution in [3.8, 4) is 0 Å². The molecule has 4 heterocycles. The molecule has 148 valence electrons. The Balaban J connectivity index is 1.32. The number of aryl methyl sites for hydroxylation is 1. The Morgan fingerprint density at radius 3 is 2.79 bits per heavy atom. The molecule has 0 saturated carbocycles. The number of piperidine rings is 1. The molecule has 1 fully saturated rings. The number of thioether (sulfide) groups is 1. The smallest absolute Gasteiger partial charge is 0.286 e. The van der Waals surface area contributed by atoms with Gasteiger partial charge in [0.2, 0.25) is 0 Å². The number of benzene rings is 1. The molecule has 3 aliphatic heterocycles. The lowest BCUT2D eigenvalue weighted by Crippen LogP contribution is -2.44. The lowest BCUT2D eigenvalue weighted by atomic mass is 9.84. The molecule has 0 radical (unpaired) electrons. The van der Waals surface area contributed by atoms with E-state index in [1.54, 1.807) is 6.20 Å². The largest absolute Gasteiger partial charge is 0.365 e. The van der Waals surface area contributed by atoms with E-state index < -0.39 is 0 Å². The van der Waals surface area contributed by atoms with E-state index in [4.69, 9.17) is 4.74 Å². The molecular weight excluding hydrogens is 382 g/mol. The Kier molecular flexibility index (Phi) is 4.56. The number of likely N-dealkylation sites (tertiary alicyclic amines) is 1. The third-order valence-corrected chi connectivity index (χ3v) is 7.33. The van der Waals surface area contributed by atoms with E-state index in [0.29, 0.717) is 11.5 Å². The van der Waals surface area contributed by atoms with E-state index in [2.05, 4.69) is 39.1 Å². The molecule has 0 bridgehead atoms. The van der Waals surface area contributed by atoms with Crippen LogP contribution < -0.4 is 0 Å². The lowest BCUT2D eigenvalue weighted by Gasteiger charge is -2.39. The molecule has 5 rings (SSSR count). The molecular formula is C23H23N3O2S. The highest BCUT2D eigenvalue weighted by molar-refractivity contribution is 8.18. The molecule has 29 heavy (non-hydrogen) atoms. The van der Waals surface area contributed by atoms with E-state index in [1.807, 2.05) is 26.0 Å².